The van der Waals surface area contributed by atoms with Crippen LogP contribution < -0.4 is 10.6 Å². The normalized spacial score (nSPS) is 15.7. The van der Waals surface area contributed by atoms with Crippen LogP contribution in [-0.4, -0.2) is 50.1 Å². The smallest absolute Gasteiger partial charge is 0.413 e. The number of amides is 3. The van der Waals surface area contributed by atoms with E-state index in [9.17, 15) is 14.4 Å². The Bertz CT molecular complexity index is 1270. The molecule has 1 aliphatic heterocycles. The third-order valence-electron chi connectivity index (χ3n) is 6.02. The van der Waals surface area contributed by atoms with Gasteiger partial charge in [-0.25, -0.2) is 9.78 Å². The van der Waals surface area contributed by atoms with Crippen LogP contribution in [0, 0.1) is 6.92 Å². The lowest BCUT2D eigenvalue weighted by molar-refractivity contribution is -0.145. The van der Waals surface area contributed by atoms with Crippen LogP contribution in [0.2, 0.25) is 0 Å². The first-order valence-corrected chi connectivity index (χ1v) is 12.3. The molecule has 0 bridgehead atoms. The number of aromatic amines is 1. The van der Waals surface area contributed by atoms with Crippen molar-refractivity contribution in [2.45, 2.75) is 58.6 Å². The number of anilines is 2. The summed E-state index contributed by atoms with van der Waals surface area (Å²) in [7, 11) is 0. The van der Waals surface area contributed by atoms with E-state index in [0.29, 0.717) is 23.6 Å². The molecule has 1 atom stereocenters. The Morgan fingerprint density at radius 3 is 2.49 bits per heavy atom. The second-order valence-corrected chi connectivity index (χ2v) is 10.1. The molecule has 1 aromatic carbocycles. The number of hydrogen-bond acceptors (Lipinski definition) is 6. The van der Waals surface area contributed by atoms with E-state index < -0.39 is 23.5 Å². The number of aryl methyl sites for hydroxylation is 1. The van der Waals surface area contributed by atoms with Gasteiger partial charge in [-0.3, -0.25) is 20.0 Å². The molecular formula is C27H32N6O4. The van der Waals surface area contributed by atoms with Gasteiger partial charge in [0.25, 0.3) is 0 Å². The van der Waals surface area contributed by atoms with Crippen LogP contribution in [0.4, 0.5) is 16.3 Å². The van der Waals surface area contributed by atoms with Crippen molar-refractivity contribution in [3.05, 3.63) is 59.9 Å². The van der Waals surface area contributed by atoms with Gasteiger partial charge in [0, 0.05) is 12.7 Å². The summed E-state index contributed by atoms with van der Waals surface area (Å²) >= 11 is 0. The zero-order valence-electron chi connectivity index (χ0n) is 21.5. The number of nitrogens with one attached hydrogen (secondary N) is 3. The third kappa shape index (κ3) is 6.52. The molecule has 0 unspecified atom stereocenters. The van der Waals surface area contributed by atoms with Gasteiger partial charge in [0.05, 0.1) is 23.6 Å². The molecule has 4 rings (SSSR count). The van der Waals surface area contributed by atoms with E-state index in [1.165, 1.54) is 6.20 Å². The maximum Gasteiger partial charge on any atom is 0.413 e. The summed E-state index contributed by atoms with van der Waals surface area (Å²) in [6.45, 7) is 7.56. The molecule has 37 heavy (non-hydrogen) atoms. The lowest BCUT2D eigenvalue weighted by atomic mass is 9.94. The summed E-state index contributed by atoms with van der Waals surface area (Å²) in [5.74, 6) is -1.00. The van der Waals surface area contributed by atoms with Gasteiger partial charge < -0.3 is 15.0 Å². The highest BCUT2D eigenvalue weighted by Gasteiger charge is 2.32. The first-order valence-electron chi connectivity index (χ1n) is 12.3. The fourth-order valence-corrected chi connectivity index (χ4v) is 4.31. The highest BCUT2D eigenvalue weighted by molar-refractivity contribution is 6.39. The van der Waals surface area contributed by atoms with E-state index in [4.69, 9.17) is 4.74 Å². The van der Waals surface area contributed by atoms with E-state index in [-0.39, 0.29) is 6.04 Å². The molecule has 3 amide bonds. The molecule has 3 N–H and O–H groups in total. The van der Waals surface area contributed by atoms with E-state index in [1.807, 2.05) is 30.3 Å². The topological polar surface area (TPSA) is 129 Å². The maximum absolute atomic E-state index is 13.2. The van der Waals surface area contributed by atoms with Crippen molar-refractivity contribution in [2.75, 3.05) is 17.2 Å². The number of rotatable bonds is 4. The van der Waals surface area contributed by atoms with Gasteiger partial charge >= 0.3 is 17.9 Å². The first kappa shape index (κ1) is 25.9. The minimum Gasteiger partial charge on any atom is -0.444 e. The quantitative estimate of drug-likeness (QED) is 0.437. The molecule has 1 aliphatic rings. The number of hydrogen-bond donors (Lipinski definition) is 3. The number of ether oxygens (including phenoxy) is 1. The number of benzene rings is 1. The van der Waals surface area contributed by atoms with Gasteiger partial charge in [0.1, 0.15) is 11.4 Å². The zero-order chi connectivity index (χ0) is 26.6. The number of piperidine rings is 1. The number of H-pyrrole nitrogens is 1. The molecule has 194 valence electrons. The third-order valence-corrected chi connectivity index (χ3v) is 6.02. The number of likely N-dealkylation sites (tertiary alicyclic amines) is 1. The van der Waals surface area contributed by atoms with E-state index in [2.05, 4.69) is 25.8 Å². The average Bonchev–Trinajstić information content (AvgIpc) is 3.39. The average molecular weight is 505 g/mol. The lowest BCUT2D eigenvalue weighted by Crippen LogP contribution is -2.44. The summed E-state index contributed by atoms with van der Waals surface area (Å²) in [5.41, 5.74) is 3.24. The van der Waals surface area contributed by atoms with Crippen LogP contribution >= 0.6 is 0 Å². The van der Waals surface area contributed by atoms with Gasteiger partial charge in [-0.2, -0.15) is 5.10 Å². The summed E-state index contributed by atoms with van der Waals surface area (Å²) in [5, 5.41) is 12.2. The molecule has 0 saturated carbocycles. The Morgan fingerprint density at radius 2 is 1.84 bits per heavy atom. The van der Waals surface area contributed by atoms with Gasteiger partial charge in [0.15, 0.2) is 0 Å². The highest BCUT2D eigenvalue weighted by Crippen LogP contribution is 2.32. The number of carbonyl (C=O) groups is 3. The number of carbonyl (C=O) groups excluding carboxylic acids is 3. The van der Waals surface area contributed by atoms with Crippen molar-refractivity contribution in [2.24, 2.45) is 0 Å². The molecule has 2 aromatic heterocycles. The summed E-state index contributed by atoms with van der Waals surface area (Å²) in [6, 6.07) is 11.3. The SMILES string of the molecule is Cc1cc(NC(=O)C(=O)N2CCCC[C@H]2c2ccc(-c3ccn[nH]3)cc2)cnc1NC(=O)OC(C)(C)C. The Morgan fingerprint density at radius 1 is 1.08 bits per heavy atom. The number of aromatic nitrogens is 3. The highest BCUT2D eigenvalue weighted by atomic mass is 16.6. The molecule has 0 spiro atoms. The van der Waals surface area contributed by atoms with Gasteiger partial charge in [-0.15, -0.1) is 0 Å². The van der Waals surface area contributed by atoms with Gasteiger partial charge in [-0.1, -0.05) is 24.3 Å². The standard InChI is InChI=1S/C27H32N6O4/c1-17-15-20(16-28-23(17)31-26(36)37-27(2,3)4)30-24(34)25(35)33-14-6-5-7-22(33)19-10-8-18(9-11-19)21-12-13-29-32-21/h8-13,15-16,22H,5-7,14H2,1-4H3,(H,29,32)(H,30,34)(H,28,31,36)/t22-/m0/s1. The summed E-state index contributed by atoms with van der Waals surface area (Å²) in [6.07, 6.45) is 5.08. The van der Waals surface area contributed by atoms with E-state index in [1.54, 1.807) is 44.9 Å². The Balaban J connectivity index is 1.42. The molecule has 3 aromatic rings. The molecule has 0 aliphatic carbocycles. The van der Waals surface area contributed by atoms with Crippen molar-refractivity contribution < 1.29 is 19.1 Å². The fourth-order valence-electron chi connectivity index (χ4n) is 4.31. The van der Waals surface area contributed by atoms with Gasteiger partial charge in [0.2, 0.25) is 0 Å². The second kappa shape index (κ2) is 10.8. The Labute approximate surface area is 215 Å². The molecular weight excluding hydrogens is 472 g/mol. The predicted octanol–water partition coefficient (Wildman–Crippen LogP) is 4.82. The molecule has 0 radical (unpaired) electrons. The molecule has 1 saturated heterocycles. The van der Waals surface area contributed by atoms with E-state index >= 15 is 0 Å². The van der Waals surface area contributed by atoms with Crippen LogP contribution in [-0.2, 0) is 14.3 Å². The van der Waals surface area contributed by atoms with Gasteiger partial charge in [-0.05, 0) is 75.8 Å². The Hall–Kier alpha value is -4.21. The van der Waals surface area contributed by atoms with Crippen molar-refractivity contribution >= 4 is 29.4 Å². The first-order chi connectivity index (χ1) is 17.6. The monoisotopic (exact) mass is 504 g/mol. The number of pyridine rings is 1. The second-order valence-electron chi connectivity index (χ2n) is 10.1. The Kier molecular flexibility index (Phi) is 7.56. The number of nitrogens with zero attached hydrogens (tertiary/aromatic N) is 3. The molecule has 10 nitrogen and oxygen atoms in total. The predicted molar refractivity (Wildman–Crippen MR) is 140 cm³/mol. The zero-order valence-corrected chi connectivity index (χ0v) is 21.5. The maximum atomic E-state index is 13.2. The van der Waals surface area contributed by atoms with Crippen LogP contribution in [0.15, 0.2) is 48.8 Å². The van der Waals surface area contributed by atoms with Crippen LogP contribution in [0.1, 0.15) is 57.2 Å². The largest absolute Gasteiger partial charge is 0.444 e. The minimum absolute atomic E-state index is 0.178. The molecule has 1 fully saturated rings. The van der Waals surface area contributed by atoms with Crippen LogP contribution in [0.5, 0.6) is 0 Å². The van der Waals surface area contributed by atoms with Crippen molar-refractivity contribution in [1.82, 2.24) is 20.1 Å². The van der Waals surface area contributed by atoms with Crippen molar-refractivity contribution in [3.63, 3.8) is 0 Å². The van der Waals surface area contributed by atoms with Crippen molar-refractivity contribution in [1.29, 1.82) is 0 Å². The summed E-state index contributed by atoms with van der Waals surface area (Å²) < 4.78 is 5.25. The van der Waals surface area contributed by atoms with Crippen LogP contribution in [0.25, 0.3) is 11.3 Å². The molecule has 3 heterocycles. The fraction of sp³-hybridized carbons (Fsp3) is 0.370. The minimum atomic E-state index is -0.727. The van der Waals surface area contributed by atoms with Crippen LogP contribution in [0.3, 0.4) is 0 Å². The van der Waals surface area contributed by atoms with E-state index in [0.717, 1.165) is 36.1 Å². The summed E-state index contributed by atoms with van der Waals surface area (Å²) in [4.78, 5) is 44.0. The lowest BCUT2D eigenvalue weighted by Gasteiger charge is -2.35. The van der Waals surface area contributed by atoms with Crippen molar-refractivity contribution in [3.8, 4) is 11.3 Å². The molecule has 10 heteroatoms.